The van der Waals surface area contributed by atoms with Gasteiger partial charge in [-0.2, -0.15) is 5.10 Å². The zero-order chi connectivity index (χ0) is 16.6. The van der Waals surface area contributed by atoms with Crippen LogP contribution in [0, 0.1) is 0 Å². The van der Waals surface area contributed by atoms with Crippen LogP contribution in [0.25, 0.3) is 0 Å². The van der Waals surface area contributed by atoms with Crippen LogP contribution in [0.2, 0.25) is 0 Å². The largest absolute Gasteiger partial charge is 0.467 e. The van der Waals surface area contributed by atoms with Gasteiger partial charge >= 0.3 is 0 Å². The molecule has 2 aromatic heterocycles. The van der Waals surface area contributed by atoms with Crippen LogP contribution in [0.3, 0.4) is 0 Å². The van der Waals surface area contributed by atoms with Crippen LogP contribution < -0.4 is 0 Å². The van der Waals surface area contributed by atoms with E-state index in [0.717, 1.165) is 11.5 Å². The molecule has 1 fully saturated rings. The van der Waals surface area contributed by atoms with Crippen molar-refractivity contribution >= 4 is 5.91 Å². The van der Waals surface area contributed by atoms with Crippen LogP contribution in [0.4, 0.5) is 0 Å². The van der Waals surface area contributed by atoms with E-state index in [9.17, 15) is 4.79 Å². The summed E-state index contributed by atoms with van der Waals surface area (Å²) in [6.45, 7) is 7.83. The average Bonchev–Trinajstić information content (AvgIpc) is 3.15. The van der Waals surface area contributed by atoms with Crippen molar-refractivity contribution in [1.82, 2.24) is 14.7 Å². The molecule has 0 radical (unpaired) electrons. The lowest BCUT2D eigenvalue weighted by Gasteiger charge is -2.31. The van der Waals surface area contributed by atoms with Gasteiger partial charge in [-0.05, 0) is 18.2 Å². The molecule has 0 spiro atoms. The smallest absolute Gasteiger partial charge is 0.272 e. The Morgan fingerprint density at radius 2 is 2.17 bits per heavy atom. The number of carbonyl (C=O) groups is 1. The topological polar surface area (TPSA) is 60.5 Å². The number of aromatic nitrogens is 2. The van der Waals surface area contributed by atoms with Crippen molar-refractivity contribution in [3.8, 4) is 0 Å². The Bertz CT molecular complexity index is 683. The van der Waals surface area contributed by atoms with Gasteiger partial charge in [-0.25, -0.2) is 0 Å². The molecule has 0 saturated carbocycles. The first-order valence-electron chi connectivity index (χ1n) is 7.85. The van der Waals surface area contributed by atoms with Gasteiger partial charge in [0.15, 0.2) is 0 Å². The molecule has 0 unspecified atom stereocenters. The summed E-state index contributed by atoms with van der Waals surface area (Å²) in [4.78, 5) is 14.7. The highest BCUT2D eigenvalue weighted by Gasteiger charge is 2.30. The molecule has 1 aliphatic rings. The highest BCUT2D eigenvalue weighted by Crippen LogP contribution is 2.25. The summed E-state index contributed by atoms with van der Waals surface area (Å²) in [5, 5.41) is 4.49. The Morgan fingerprint density at radius 1 is 1.39 bits per heavy atom. The van der Waals surface area contributed by atoms with Gasteiger partial charge < -0.3 is 14.1 Å². The Hall–Kier alpha value is -2.08. The van der Waals surface area contributed by atoms with Crippen LogP contribution in [0.15, 0.2) is 28.9 Å². The first-order chi connectivity index (χ1) is 10.9. The molecule has 6 heteroatoms. The van der Waals surface area contributed by atoms with Gasteiger partial charge in [0.1, 0.15) is 17.6 Å². The number of aryl methyl sites for hydroxylation is 1. The first kappa shape index (κ1) is 15.8. The Morgan fingerprint density at radius 3 is 2.78 bits per heavy atom. The van der Waals surface area contributed by atoms with E-state index in [-0.39, 0.29) is 17.4 Å². The molecule has 3 rings (SSSR count). The van der Waals surface area contributed by atoms with Crippen molar-refractivity contribution in [3.05, 3.63) is 41.6 Å². The number of amides is 1. The molecule has 2 aromatic rings. The van der Waals surface area contributed by atoms with E-state index in [0.29, 0.717) is 25.4 Å². The van der Waals surface area contributed by atoms with Gasteiger partial charge in [-0.1, -0.05) is 20.8 Å². The summed E-state index contributed by atoms with van der Waals surface area (Å²) in [6, 6.07) is 5.59. The van der Waals surface area contributed by atoms with Crippen molar-refractivity contribution in [3.63, 3.8) is 0 Å². The predicted molar refractivity (Wildman–Crippen MR) is 85.2 cm³/mol. The summed E-state index contributed by atoms with van der Waals surface area (Å²) in [5.41, 5.74) is 1.44. The number of hydrogen-bond acceptors (Lipinski definition) is 4. The monoisotopic (exact) mass is 317 g/mol. The number of rotatable bonds is 2. The molecule has 124 valence electrons. The van der Waals surface area contributed by atoms with Gasteiger partial charge in [-0.15, -0.1) is 0 Å². The molecule has 1 amide bonds. The van der Waals surface area contributed by atoms with Crippen LogP contribution in [0.5, 0.6) is 0 Å². The third kappa shape index (κ3) is 3.17. The summed E-state index contributed by atoms with van der Waals surface area (Å²) >= 11 is 0. The lowest BCUT2D eigenvalue weighted by atomic mass is 9.92. The number of nitrogens with zero attached hydrogens (tertiary/aromatic N) is 3. The average molecular weight is 317 g/mol. The fraction of sp³-hybridized carbons (Fsp3) is 0.529. The van der Waals surface area contributed by atoms with Gasteiger partial charge in [0, 0.05) is 19.0 Å². The second-order valence-electron chi connectivity index (χ2n) is 6.91. The first-order valence-corrected chi connectivity index (χ1v) is 7.85. The second-order valence-corrected chi connectivity index (χ2v) is 6.91. The molecule has 1 atom stereocenters. The van der Waals surface area contributed by atoms with E-state index in [2.05, 4.69) is 25.9 Å². The van der Waals surface area contributed by atoms with E-state index in [4.69, 9.17) is 9.15 Å². The van der Waals surface area contributed by atoms with E-state index < -0.39 is 0 Å². The normalized spacial score (nSPS) is 19.1. The van der Waals surface area contributed by atoms with E-state index in [1.807, 2.05) is 25.2 Å². The summed E-state index contributed by atoms with van der Waals surface area (Å²) in [5.74, 6) is 0.734. The molecular weight excluding hydrogens is 294 g/mol. The van der Waals surface area contributed by atoms with Gasteiger partial charge in [0.25, 0.3) is 5.91 Å². The number of hydrogen-bond donors (Lipinski definition) is 0. The van der Waals surface area contributed by atoms with Crippen LogP contribution >= 0.6 is 0 Å². The quantitative estimate of drug-likeness (QED) is 0.854. The summed E-state index contributed by atoms with van der Waals surface area (Å²) < 4.78 is 12.8. The van der Waals surface area contributed by atoms with Crippen LogP contribution in [-0.4, -0.2) is 40.3 Å². The molecule has 0 aromatic carbocycles. The molecule has 3 heterocycles. The number of furan rings is 1. The zero-order valence-electron chi connectivity index (χ0n) is 14.1. The number of ether oxygens (including phenoxy) is 1. The van der Waals surface area contributed by atoms with Gasteiger partial charge in [0.2, 0.25) is 0 Å². The lowest BCUT2D eigenvalue weighted by molar-refractivity contribution is -0.0324. The molecule has 23 heavy (non-hydrogen) atoms. The van der Waals surface area contributed by atoms with E-state index in [1.165, 1.54) is 0 Å². The maximum Gasteiger partial charge on any atom is 0.272 e. The predicted octanol–water partition coefficient (Wildman–Crippen LogP) is 2.52. The van der Waals surface area contributed by atoms with E-state index >= 15 is 0 Å². The third-order valence-electron chi connectivity index (χ3n) is 4.08. The van der Waals surface area contributed by atoms with Crippen molar-refractivity contribution in [2.24, 2.45) is 7.05 Å². The Kier molecular flexibility index (Phi) is 4.02. The Labute approximate surface area is 136 Å². The maximum atomic E-state index is 12.9. The molecular formula is C17H23N3O3. The van der Waals surface area contributed by atoms with Crippen molar-refractivity contribution in [2.75, 3.05) is 19.7 Å². The Balaban J connectivity index is 1.79. The molecule has 1 saturated heterocycles. The van der Waals surface area contributed by atoms with E-state index in [1.54, 1.807) is 15.8 Å². The molecule has 0 bridgehead atoms. The number of morpholine rings is 1. The fourth-order valence-corrected chi connectivity index (χ4v) is 2.68. The van der Waals surface area contributed by atoms with Gasteiger partial charge in [-0.3, -0.25) is 9.48 Å². The van der Waals surface area contributed by atoms with Crippen molar-refractivity contribution in [1.29, 1.82) is 0 Å². The third-order valence-corrected chi connectivity index (χ3v) is 4.08. The van der Waals surface area contributed by atoms with Crippen molar-refractivity contribution < 1.29 is 13.9 Å². The van der Waals surface area contributed by atoms with Crippen LogP contribution in [0.1, 0.15) is 48.8 Å². The second kappa shape index (κ2) is 5.85. The summed E-state index contributed by atoms with van der Waals surface area (Å²) in [7, 11) is 1.81. The summed E-state index contributed by atoms with van der Waals surface area (Å²) in [6.07, 6.45) is 1.41. The van der Waals surface area contributed by atoms with Crippen molar-refractivity contribution in [2.45, 2.75) is 32.3 Å². The minimum absolute atomic E-state index is 0.0182. The number of carbonyl (C=O) groups excluding carboxylic acids is 1. The highest BCUT2D eigenvalue weighted by molar-refractivity contribution is 5.92. The molecule has 6 nitrogen and oxygen atoms in total. The molecule has 0 aliphatic carbocycles. The SMILES string of the molecule is Cn1nc(C(C)(C)C)cc1C(=O)N1CCO[C@H](c2ccco2)C1. The zero-order valence-corrected chi connectivity index (χ0v) is 14.1. The van der Waals surface area contributed by atoms with Crippen LogP contribution in [-0.2, 0) is 17.2 Å². The standard InChI is InChI=1S/C17H23N3O3/c1-17(2,3)15-10-12(19(4)18-15)16(21)20-7-9-23-14(11-20)13-6-5-8-22-13/h5-6,8,10,14H,7,9,11H2,1-4H3/t14-/m0/s1. The van der Waals surface area contributed by atoms with Gasteiger partial charge in [0.05, 0.1) is 25.1 Å². The highest BCUT2D eigenvalue weighted by atomic mass is 16.5. The lowest BCUT2D eigenvalue weighted by Crippen LogP contribution is -2.42. The molecule has 1 aliphatic heterocycles. The minimum Gasteiger partial charge on any atom is -0.467 e. The minimum atomic E-state index is -0.210. The molecule has 0 N–H and O–H groups in total. The maximum absolute atomic E-state index is 12.9. The fourth-order valence-electron chi connectivity index (χ4n) is 2.68.